The Morgan fingerprint density at radius 3 is 2.46 bits per heavy atom. The van der Waals surface area contributed by atoms with Gasteiger partial charge < -0.3 is 14.5 Å². The Morgan fingerprint density at radius 2 is 1.71 bits per heavy atom. The van der Waals surface area contributed by atoms with E-state index < -0.39 is 0 Å². The second kappa shape index (κ2) is 7.02. The molecule has 2 fully saturated rings. The second-order valence-corrected chi connectivity index (χ2v) is 10.0. The summed E-state index contributed by atoms with van der Waals surface area (Å²) in [7, 11) is 0. The lowest BCUT2D eigenvalue weighted by Gasteiger charge is -2.39. The van der Waals surface area contributed by atoms with Gasteiger partial charge >= 0.3 is 0 Å². The second-order valence-electron chi connectivity index (χ2n) is 9.01. The molecule has 0 N–H and O–H groups in total. The smallest absolute Gasteiger partial charge is 0.226 e. The third kappa shape index (κ3) is 3.32. The molecule has 150 valence electrons. The molecule has 28 heavy (non-hydrogen) atoms. The summed E-state index contributed by atoms with van der Waals surface area (Å²) < 4.78 is 5.49. The third-order valence-corrected chi connectivity index (χ3v) is 7.21. The van der Waals surface area contributed by atoms with E-state index in [4.69, 9.17) is 19.7 Å². The van der Waals surface area contributed by atoms with Crippen molar-refractivity contribution in [3.8, 4) is 0 Å². The van der Waals surface area contributed by atoms with Crippen molar-refractivity contribution in [3.05, 3.63) is 16.3 Å². The minimum absolute atomic E-state index is 0.251. The van der Waals surface area contributed by atoms with Crippen molar-refractivity contribution in [2.75, 3.05) is 44.3 Å². The van der Waals surface area contributed by atoms with Crippen LogP contribution in [0.5, 0.6) is 0 Å². The van der Waals surface area contributed by atoms with E-state index in [-0.39, 0.29) is 5.41 Å². The first-order chi connectivity index (χ1) is 13.5. The summed E-state index contributed by atoms with van der Waals surface area (Å²) >= 11 is 1.83. The molecule has 0 bridgehead atoms. The van der Waals surface area contributed by atoms with Gasteiger partial charge in [-0.1, -0.05) is 25.6 Å². The number of allylic oxidation sites excluding steroid dienone is 2. The number of ether oxygens (including phenoxy) is 1. The number of morpholine rings is 1. The molecule has 0 atom stereocenters. The van der Waals surface area contributed by atoms with Crippen LogP contribution in [0, 0.1) is 12.3 Å². The molecule has 1 aliphatic carbocycles. The Labute approximate surface area is 171 Å². The lowest BCUT2D eigenvalue weighted by atomic mass is 9.78. The molecule has 3 aliphatic heterocycles. The summed E-state index contributed by atoms with van der Waals surface area (Å²) in [4.78, 5) is 21.0. The molecule has 4 heterocycles. The maximum absolute atomic E-state index is 5.49. The van der Waals surface area contributed by atoms with Gasteiger partial charge in [-0.25, -0.2) is 15.0 Å². The fourth-order valence-corrected chi connectivity index (χ4v) is 5.77. The van der Waals surface area contributed by atoms with Gasteiger partial charge in [0.15, 0.2) is 0 Å². The van der Waals surface area contributed by atoms with Gasteiger partial charge in [0.25, 0.3) is 0 Å². The molecule has 0 amide bonds. The van der Waals surface area contributed by atoms with Crippen molar-refractivity contribution in [1.82, 2.24) is 14.9 Å². The van der Waals surface area contributed by atoms with Crippen LogP contribution >= 0.6 is 11.8 Å². The number of aryl methyl sites for hydroxylation is 1. The average molecular weight is 400 g/mol. The first-order valence-electron chi connectivity index (χ1n) is 10.5. The first-order valence-corrected chi connectivity index (χ1v) is 11.3. The quantitative estimate of drug-likeness (QED) is 0.703. The lowest BCUT2D eigenvalue weighted by Crippen LogP contribution is -2.37. The van der Waals surface area contributed by atoms with Gasteiger partial charge in [-0.05, 0) is 38.0 Å². The van der Waals surface area contributed by atoms with Crippen molar-refractivity contribution in [2.24, 2.45) is 10.4 Å². The highest BCUT2D eigenvalue weighted by molar-refractivity contribution is 8.04. The molecule has 0 aromatic carbocycles. The number of thioether (sulfide) groups is 1. The monoisotopic (exact) mass is 399 g/mol. The van der Waals surface area contributed by atoms with E-state index in [0.717, 1.165) is 61.5 Å². The molecule has 5 rings (SSSR count). The highest BCUT2D eigenvalue weighted by Crippen LogP contribution is 2.50. The van der Waals surface area contributed by atoms with Crippen LogP contribution in [0.2, 0.25) is 0 Å². The number of hydrogen-bond donors (Lipinski definition) is 0. The van der Waals surface area contributed by atoms with Crippen LogP contribution in [-0.2, 0) is 4.74 Å². The summed E-state index contributed by atoms with van der Waals surface area (Å²) in [6.07, 6.45) is 4.75. The minimum Gasteiger partial charge on any atom is -0.378 e. The summed E-state index contributed by atoms with van der Waals surface area (Å²) in [5.74, 6) is 0.824. The number of aromatic nitrogens is 2. The molecule has 1 aromatic rings. The number of aliphatic imine (C=N–C) groups is 1. The third-order valence-electron chi connectivity index (χ3n) is 6.06. The number of likely N-dealkylation sites (tertiary alicyclic amines) is 1. The Kier molecular flexibility index (Phi) is 4.62. The van der Waals surface area contributed by atoms with E-state index in [2.05, 4.69) is 30.6 Å². The Morgan fingerprint density at radius 1 is 0.964 bits per heavy atom. The van der Waals surface area contributed by atoms with Crippen molar-refractivity contribution >= 4 is 29.1 Å². The molecule has 6 nitrogen and oxygen atoms in total. The van der Waals surface area contributed by atoms with Gasteiger partial charge in [-0.15, -0.1) is 0 Å². The highest BCUT2D eigenvalue weighted by atomic mass is 32.2. The van der Waals surface area contributed by atoms with Crippen LogP contribution in [0.1, 0.15) is 45.2 Å². The average Bonchev–Trinajstić information content (AvgIpc) is 3.21. The van der Waals surface area contributed by atoms with Gasteiger partial charge in [0.1, 0.15) is 10.7 Å². The van der Waals surface area contributed by atoms with E-state index in [0.29, 0.717) is 0 Å². The fraction of sp³-hybridized carbons (Fsp3) is 0.667. The van der Waals surface area contributed by atoms with E-state index in [1.165, 1.54) is 42.2 Å². The van der Waals surface area contributed by atoms with E-state index >= 15 is 0 Å². The Bertz CT molecular complexity index is 851. The molecule has 1 aromatic heterocycles. The summed E-state index contributed by atoms with van der Waals surface area (Å²) in [5, 5.41) is 1.02. The zero-order valence-corrected chi connectivity index (χ0v) is 17.9. The largest absolute Gasteiger partial charge is 0.378 e. The number of nitrogens with zero attached hydrogens (tertiary/aromatic N) is 5. The van der Waals surface area contributed by atoms with Crippen LogP contribution in [0.4, 0.5) is 11.6 Å². The van der Waals surface area contributed by atoms with Crippen LogP contribution < -0.4 is 4.90 Å². The van der Waals surface area contributed by atoms with Gasteiger partial charge in [0.2, 0.25) is 5.95 Å². The molecule has 0 radical (unpaired) electrons. The van der Waals surface area contributed by atoms with Crippen LogP contribution in [0.25, 0.3) is 0 Å². The molecule has 2 saturated heterocycles. The topological polar surface area (TPSA) is 53.9 Å². The maximum atomic E-state index is 5.49. The van der Waals surface area contributed by atoms with Gasteiger partial charge in [-0.2, -0.15) is 0 Å². The van der Waals surface area contributed by atoms with E-state index in [9.17, 15) is 0 Å². The van der Waals surface area contributed by atoms with Crippen molar-refractivity contribution in [3.63, 3.8) is 0 Å². The van der Waals surface area contributed by atoms with Crippen LogP contribution in [0.15, 0.2) is 20.6 Å². The molecule has 0 spiro atoms. The first kappa shape index (κ1) is 18.4. The number of rotatable bonds is 2. The highest BCUT2D eigenvalue weighted by Gasteiger charge is 2.37. The minimum atomic E-state index is 0.251. The van der Waals surface area contributed by atoms with E-state index in [1.807, 2.05) is 11.8 Å². The molecule has 0 saturated carbocycles. The zero-order chi connectivity index (χ0) is 19.3. The molecule has 4 aliphatic rings. The number of anilines is 1. The van der Waals surface area contributed by atoms with Crippen molar-refractivity contribution in [1.29, 1.82) is 0 Å². The van der Waals surface area contributed by atoms with Gasteiger partial charge in [0, 0.05) is 31.9 Å². The number of fused-ring (bicyclic) bond motifs is 2. The normalized spacial score (nSPS) is 24.2. The Balaban J connectivity index is 1.56. The SMILES string of the molecule is Cc1nc(N2CCOCC2)nc2c1N=C1CC(C)(C)CC(N3CCCC3)=C1S2. The maximum Gasteiger partial charge on any atom is 0.226 e. The zero-order valence-electron chi connectivity index (χ0n) is 17.1. The molecule has 7 heteroatoms. The van der Waals surface area contributed by atoms with Crippen molar-refractivity contribution in [2.45, 2.75) is 51.5 Å². The van der Waals surface area contributed by atoms with E-state index in [1.54, 1.807) is 0 Å². The summed E-state index contributed by atoms with van der Waals surface area (Å²) in [6.45, 7) is 12.4. The summed E-state index contributed by atoms with van der Waals surface area (Å²) in [6, 6.07) is 0. The predicted octanol–water partition coefficient (Wildman–Crippen LogP) is 3.93. The van der Waals surface area contributed by atoms with Crippen LogP contribution in [-0.4, -0.2) is 60.0 Å². The van der Waals surface area contributed by atoms with Crippen LogP contribution in [0.3, 0.4) is 0 Å². The molecular formula is C21H29N5OS. The summed E-state index contributed by atoms with van der Waals surface area (Å²) in [5.41, 5.74) is 4.94. The standard InChI is InChI=1S/C21H29N5OS/c1-14-17-19(24-20(22-14)26-8-10-27-11-9-26)28-18-15(23-17)12-21(2,3)13-16(18)25-6-4-5-7-25/h4-13H2,1-3H3. The lowest BCUT2D eigenvalue weighted by molar-refractivity contribution is 0.122. The van der Waals surface area contributed by atoms with Gasteiger partial charge in [0.05, 0.1) is 29.5 Å². The fourth-order valence-electron chi connectivity index (χ4n) is 4.61. The predicted molar refractivity (Wildman–Crippen MR) is 114 cm³/mol. The Hall–Kier alpha value is -1.60. The molecule has 0 unspecified atom stereocenters. The number of hydrogen-bond acceptors (Lipinski definition) is 7. The van der Waals surface area contributed by atoms with Gasteiger partial charge in [-0.3, -0.25) is 0 Å². The van der Waals surface area contributed by atoms with Crippen molar-refractivity contribution < 1.29 is 4.74 Å². The molecular weight excluding hydrogens is 370 g/mol.